The molecule has 1 heterocycles. The molecule has 1 aliphatic rings. The SMILES string of the molecule is CC1OCCC1C(=O)Nc1ccc(S(=O)(=O)Cl)c(F)c1. The zero-order chi connectivity index (χ0) is 14.9. The number of hydrogen-bond acceptors (Lipinski definition) is 4. The van der Waals surface area contributed by atoms with Crippen LogP contribution in [0.1, 0.15) is 13.3 Å². The smallest absolute Gasteiger partial charge is 0.264 e. The van der Waals surface area contributed by atoms with Gasteiger partial charge >= 0.3 is 0 Å². The van der Waals surface area contributed by atoms with Gasteiger partial charge in [0.2, 0.25) is 5.91 Å². The number of hydrogen-bond donors (Lipinski definition) is 1. The van der Waals surface area contributed by atoms with Crippen molar-refractivity contribution in [1.82, 2.24) is 0 Å². The predicted molar refractivity (Wildman–Crippen MR) is 71.6 cm³/mol. The first-order valence-corrected chi connectivity index (χ1v) is 8.26. The largest absolute Gasteiger partial charge is 0.378 e. The Balaban J connectivity index is 2.15. The van der Waals surface area contributed by atoms with Crippen LogP contribution in [0.3, 0.4) is 0 Å². The molecular formula is C12H13ClFNO4S. The molecule has 1 N–H and O–H groups in total. The third-order valence-electron chi connectivity index (χ3n) is 3.18. The summed E-state index contributed by atoms with van der Waals surface area (Å²) >= 11 is 0. The maximum Gasteiger partial charge on any atom is 0.264 e. The van der Waals surface area contributed by atoms with Gasteiger partial charge in [-0.2, -0.15) is 0 Å². The van der Waals surface area contributed by atoms with Crippen molar-refractivity contribution in [3.63, 3.8) is 0 Å². The topological polar surface area (TPSA) is 72.5 Å². The second-order valence-electron chi connectivity index (χ2n) is 4.54. The van der Waals surface area contributed by atoms with Crippen LogP contribution in [0.4, 0.5) is 10.1 Å². The van der Waals surface area contributed by atoms with E-state index in [4.69, 9.17) is 15.4 Å². The number of ether oxygens (including phenoxy) is 1. The van der Waals surface area contributed by atoms with E-state index in [0.717, 1.165) is 12.1 Å². The number of carbonyl (C=O) groups is 1. The number of rotatable bonds is 3. The highest BCUT2D eigenvalue weighted by atomic mass is 35.7. The Bertz CT molecular complexity index is 634. The van der Waals surface area contributed by atoms with Gasteiger partial charge in [-0.3, -0.25) is 4.79 Å². The van der Waals surface area contributed by atoms with Crippen molar-refractivity contribution in [2.75, 3.05) is 11.9 Å². The number of amides is 1. The lowest BCUT2D eigenvalue weighted by molar-refractivity contribution is -0.121. The molecule has 8 heteroatoms. The van der Waals surface area contributed by atoms with Crippen molar-refractivity contribution in [2.24, 2.45) is 5.92 Å². The minimum atomic E-state index is -4.14. The molecule has 0 aromatic heterocycles. The fourth-order valence-corrected chi connectivity index (χ4v) is 2.99. The fraction of sp³-hybridized carbons (Fsp3) is 0.417. The molecule has 2 unspecified atom stereocenters. The Hall–Kier alpha value is -1.18. The molecule has 1 amide bonds. The Morgan fingerprint density at radius 1 is 1.50 bits per heavy atom. The van der Waals surface area contributed by atoms with Gasteiger partial charge in [0.25, 0.3) is 9.05 Å². The standard InChI is InChI=1S/C12H13ClFNO4S/c1-7-9(4-5-19-7)12(16)15-8-2-3-11(10(14)6-8)20(13,17)18/h2-3,6-7,9H,4-5H2,1H3,(H,15,16). The van der Waals surface area contributed by atoms with Crippen LogP contribution in [0.25, 0.3) is 0 Å². The molecule has 5 nitrogen and oxygen atoms in total. The summed E-state index contributed by atoms with van der Waals surface area (Å²) in [5.41, 5.74) is 0.177. The second kappa shape index (κ2) is 5.67. The molecule has 0 bridgehead atoms. The molecule has 1 saturated heterocycles. The van der Waals surface area contributed by atoms with Crippen LogP contribution in [0.15, 0.2) is 23.1 Å². The van der Waals surface area contributed by atoms with Gasteiger partial charge in [-0.1, -0.05) is 0 Å². The van der Waals surface area contributed by atoms with Gasteiger partial charge in [0.1, 0.15) is 10.7 Å². The average molecular weight is 322 g/mol. The summed E-state index contributed by atoms with van der Waals surface area (Å²) in [7, 11) is 0.934. The monoisotopic (exact) mass is 321 g/mol. The summed E-state index contributed by atoms with van der Waals surface area (Å²) in [5.74, 6) is -1.58. The second-order valence-corrected chi connectivity index (χ2v) is 7.08. The molecule has 0 spiro atoms. The van der Waals surface area contributed by atoms with Crippen molar-refractivity contribution >= 4 is 31.3 Å². The van der Waals surface area contributed by atoms with Crippen molar-refractivity contribution in [2.45, 2.75) is 24.3 Å². The maximum atomic E-state index is 13.6. The molecule has 20 heavy (non-hydrogen) atoms. The first-order valence-electron chi connectivity index (χ1n) is 5.95. The highest BCUT2D eigenvalue weighted by Crippen LogP contribution is 2.25. The van der Waals surface area contributed by atoms with Gasteiger partial charge in [0.05, 0.1) is 12.0 Å². The van der Waals surface area contributed by atoms with E-state index in [9.17, 15) is 17.6 Å². The maximum absolute atomic E-state index is 13.6. The molecule has 2 rings (SSSR count). The van der Waals surface area contributed by atoms with E-state index in [1.807, 2.05) is 0 Å². The van der Waals surface area contributed by atoms with Gasteiger partial charge < -0.3 is 10.1 Å². The number of carbonyl (C=O) groups excluding carboxylic acids is 1. The van der Waals surface area contributed by atoms with Gasteiger partial charge in [-0.15, -0.1) is 0 Å². The first-order chi connectivity index (χ1) is 9.29. The Morgan fingerprint density at radius 2 is 2.20 bits per heavy atom. The quantitative estimate of drug-likeness (QED) is 0.865. The van der Waals surface area contributed by atoms with Crippen molar-refractivity contribution in [3.05, 3.63) is 24.0 Å². The van der Waals surface area contributed by atoms with Gasteiger partial charge in [-0.25, -0.2) is 12.8 Å². The van der Waals surface area contributed by atoms with Crippen LogP contribution in [0, 0.1) is 11.7 Å². The van der Waals surface area contributed by atoms with Crippen LogP contribution < -0.4 is 5.32 Å². The summed E-state index contributed by atoms with van der Waals surface area (Å²) in [6.07, 6.45) is 0.409. The zero-order valence-corrected chi connectivity index (χ0v) is 12.2. The van der Waals surface area contributed by atoms with Crippen molar-refractivity contribution < 1.29 is 22.3 Å². The lowest BCUT2D eigenvalue weighted by atomic mass is 10.0. The lowest BCUT2D eigenvalue weighted by Gasteiger charge is -2.14. The van der Waals surface area contributed by atoms with Gasteiger partial charge in [0, 0.05) is 23.0 Å². The molecule has 0 radical (unpaired) electrons. The third-order valence-corrected chi connectivity index (χ3v) is 4.53. The number of halogens is 2. The van der Waals surface area contributed by atoms with Gasteiger partial charge in [-0.05, 0) is 31.5 Å². The molecule has 1 aromatic carbocycles. The molecule has 1 aliphatic heterocycles. The highest BCUT2D eigenvalue weighted by Gasteiger charge is 2.30. The van der Waals surface area contributed by atoms with E-state index >= 15 is 0 Å². The highest BCUT2D eigenvalue weighted by molar-refractivity contribution is 8.13. The molecule has 0 aliphatic carbocycles. The number of nitrogens with one attached hydrogen (secondary N) is 1. The van der Waals surface area contributed by atoms with E-state index in [1.165, 1.54) is 6.07 Å². The van der Waals surface area contributed by atoms with E-state index in [2.05, 4.69) is 5.32 Å². The zero-order valence-electron chi connectivity index (χ0n) is 10.6. The van der Waals surface area contributed by atoms with Crippen LogP contribution in [0.5, 0.6) is 0 Å². The van der Waals surface area contributed by atoms with E-state index < -0.39 is 19.8 Å². The predicted octanol–water partition coefficient (Wildman–Crippen LogP) is 2.12. The minimum Gasteiger partial charge on any atom is -0.378 e. The van der Waals surface area contributed by atoms with Crippen molar-refractivity contribution in [1.29, 1.82) is 0 Å². The molecule has 1 fully saturated rings. The summed E-state index contributed by atoms with van der Waals surface area (Å²) in [6.45, 7) is 2.30. The van der Waals surface area contributed by atoms with Crippen LogP contribution >= 0.6 is 10.7 Å². The Labute approximate surface area is 120 Å². The molecule has 0 saturated carbocycles. The fourth-order valence-electron chi connectivity index (χ4n) is 2.09. The van der Waals surface area contributed by atoms with Crippen LogP contribution in [-0.4, -0.2) is 27.0 Å². The molecule has 110 valence electrons. The van der Waals surface area contributed by atoms with E-state index in [-0.39, 0.29) is 23.6 Å². The lowest BCUT2D eigenvalue weighted by Crippen LogP contribution is -2.27. The normalized spacial score (nSPS) is 22.8. The average Bonchev–Trinajstić information content (AvgIpc) is 2.73. The molecule has 1 aromatic rings. The molecular weight excluding hydrogens is 309 g/mol. The van der Waals surface area contributed by atoms with E-state index in [0.29, 0.717) is 13.0 Å². The number of benzene rings is 1. The summed E-state index contributed by atoms with van der Waals surface area (Å²) in [6, 6.07) is 3.23. The Morgan fingerprint density at radius 3 is 2.70 bits per heavy atom. The Kier molecular flexibility index (Phi) is 4.31. The van der Waals surface area contributed by atoms with Crippen LogP contribution in [0.2, 0.25) is 0 Å². The summed E-state index contributed by atoms with van der Waals surface area (Å²) in [5, 5.41) is 2.54. The van der Waals surface area contributed by atoms with Crippen LogP contribution in [-0.2, 0) is 18.6 Å². The van der Waals surface area contributed by atoms with E-state index in [1.54, 1.807) is 6.92 Å². The summed E-state index contributed by atoms with van der Waals surface area (Å²) < 4.78 is 41.0. The molecule has 2 atom stereocenters. The number of anilines is 1. The summed E-state index contributed by atoms with van der Waals surface area (Å²) in [4.78, 5) is 11.3. The third kappa shape index (κ3) is 3.28. The van der Waals surface area contributed by atoms with Gasteiger partial charge in [0.15, 0.2) is 0 Å². The minimum absolute atomic E-state index is 0.177. The van der Waals surface area contributed by atoms with Crippen molar-refractivity contribution in [3.8, 4) is 0 Å². The first kappa shape index (κ1) is 15.2.